The van der Waals surface area contributed by atoms with Crippen molar-refractivity contribution in [3.05, 3.63) is 35.4 Å². The zero-order valence-corrected chi connectivity index (χ0v) is 15.4. The van der Waals surface area contributed by atoms with Crippen LogP contribution in [0.15, 0.2) is 33.9 Å². The first kappa shape index (κ1) is 20.0. The van der Waals surface area contributed by atoms with Crippen LogP contribution < -0.4 is 9.75 Å². The SMILES string of the molecule is CC(C)C1=CC(Oc2c(F)cc(N3N=C(C#N)C(=O)CC3=O)cc2F)=NCC1=O. The van der Waals surface area contributed by atoms with E-state index in [0.717, 1.165) is 12.1 Å². The average molecular weight is 400 g/mol. The predicted molar refractivity (Wildman–Crippen MR) is 97.4 cm³/mol. The van der Waals surface area contributed by atoms with Gasteiger partial charge in [0.1, 0.15) is 12.6 Å². The summed E-state index contributed by atoms with van der Waals surface area (Å²) >= 11 is 0. The van der Waals surface area contributed by atoms with Crippen LogP contribution >= 0.6 is 0 Å². The Bertz CT molecular complexity index is 1040. The summed E-state index contributed by atoms with van der Waals surface area (Å²) in [4.78, 5) is 39.1. The molecule has 0 atom stereocenters. The van der Waals surface area contributed by atoms with Crippen molar-refractivity contribution in [2.24, 2.45) is 16.0 Å². The van der Waals surface area contributed by atoms with Gasteiger partial charge in [-0.2, -0.15) is 15.4 Å². The number of Topliss-reactive ketones (excluding diaryl/α,β-unsaturated/α-hetero) is 2. The van der Waals surface area contributed by atoms with E-state index in [9.17, 15) is 23.2 Å². The summed E-state index contributed by atoms with van der Waals surface area (Å²) in [6, 6.07) is 3.10. The number of hydrazone groups is 1. The van der Waals surface area contributed by atoms with Crippen molar-refractivity contribution in [2.45, 2.75) is 20.3 Å². The lowest BCUT2D eigenvalue weighted by Crippen LogP contribution is -2.36. The van der Waals surface area contributed by atoms with Gasteiger partial charge in [-0.15, -0.1) is 0 Å². The van der Waals surface area contributed by atoms with E-state index in [4.69, 9.17) is 10.00 Å². The number of benzene rings is 1. The van der Waals surface area contributed by atoms with Gasteiger partial charge in [0.15, 0.2) is 17.4 Å². The summed E-state index contributed by atoms with van der Waals surface area (Å²) in [6.45, 7) is 3.39. The van der Waals surface area contributed by atoms with Gasteiger partial charge in [-0.3, -0.25) is 14.4 Å². The van der Waals surface area contributed by atoms with E-state index in [0.29, 0.717) is 10.6 Å². The van der Waals surface area contributed by atoms with Crippen LogP contribution in [0, 0.1) is 28.9 Å². The molecule has 148 valence electrons. The summed E-state index contributed by atoms with van der Waals surface area (Å²) in [6.07, 6.45) is 0.689. The van der Waals surface area contributed by atoms with Gasteiger partial charge in [0.25, 0.3) is 5.91 Å². The van der Waals surface area contributed by atoms with E-state index in [-0.39, 0.29) is 29.8 Å². The summed E-state index contributed by atoms with van der Waals surface area (Å²) in [5.41, 5.74) is -0.426. The molecule has 2 aliphatic heterocycles. The topological polar surface area (TPSA) is 112 Å². The minimum atomic E-state index is -1.16. The number of amides is 1. The van der Waals surface area contributed by atoms with Crippen molar-refractivity contribution in [1.82, 2.24) is 0 Å². The molecule has 0 saturated carbocycles. The number of aliphatic imine (C=N–C) groups is 1. The Morgan fingerprint density at radius 2 is 1.83 bits per heavy atom. The van der Waals surface area contributed by atoms with Gasteiger partial charge in [0, 0.05) is 23.8 Å². The maximum atomic E-state index is 14.5. The highest BCUT2D eigenvalue weighted by Gasteiger charge is 2.30. The predicted octanol–water partition coefficient (Wildman–Crippen LogP) is 2.09. The largest absolute Gasteiger partial charge is 0.433 e. The number of dihydropyridines is 1. The number of ether oxygens (including phenoxy) is 1. The maximum Gasteiger partial charge on any atom is 0.255 e. The lowest BCUT2D eigenvalue weighted by atomic mass is 9.97. The van der Waals surface area contributed by atoms with Gasteiger partial charge in [-0.05, 0) is 5.92 Å². The van der Waals surface area contributed by atoms with Crippen LogP contribution in [-0.4, -0.2) is 35.6 Å². The van der Waals surface area contributed by atoms with Gasteiger partial charge in [0.2, 0.25) is 23.1 Å². The van der Waals surface area contributed by atoms with Crippen LogP contribution in [0.4, 0.5) is 14.5 Å². The van der Waals surface area contributed by atoms with Crippen molar-refractivity contribution in [3.63, 3.8) is 0 Å². The number of hydrogen-bond donors (Lipinski definition) is 0. The summed E-state index contributed by atoms with van der Waals surface area (Å²) in [7, 11) is 0. The maximum absolute atomic E-state index is 14.5. The highest BCUT2D eigenvalue weighted by molar-refractivity contribution is 6.50. The average Bonchev–Trinajstić information content (AvgIpc) is 2.65. The molecule has 2 heterocycles. The molecule has 0 unspecified atom stereocenters. The second-order valence-corrected chi connectivity index (χ2v) is 6.54. The number of carbonyl (C=O) groups excluding carboxylic acids is 3. The molecule has 0 aromatic heterocycles. The van der Waals surface area contributed by atoms with Crippen LogP contribution in [0.2, 0.25) is 0 Å². The van der Waals surface area contributed by atoms with Crippen molar-refractivity contribution in [2.75, 3.05) is 11.6 Å². The molecule has 0 N–H and O–H groups in total. The van der Waals surface area contributed by atoms with Crippen LogP contribution in [0.25, 0.3) is 0 Å². The minimum Gasteiger partial charge on any atom is -0.433 e. The minimum absolute atomic E-state index is 0.117. The number of nitrogens with zero attached hydrogens (tertiary/aromatic N) is 4. The number of nitriles is 1. The highest BCUT2D eigenvalue weighted by atomic mass is 19.1. The highest BCUT2D eigenvalue weighted by Crippen LogP contribution is 2.30. The van der Waals surface area contributed by atoms with Gasteiger partial charge in [-0.1, -0.05) is 13.8 Å². The van der Waals surface area contributed by atoms with Crippen molar-refractivity contribution in [1.29, 1.82) is 5.26 Å². The molecule has 0 bridgehead atoms. The molecule has 10 heteroatoms. The Kier molecular flexibility index (Phi) is 5.32. The third-order valence-electron chi connectivity index (χ3n) is 4.15. The van der Waals surface area contributed by atoms with Crippen LogP contribution in [0.1, 0.15) is 20.3 Å². The molecule has 1 aromatic carbocycles. The molecule has 8 nitrogen and oxygen atoms in total. The second kappa shape index (κ2) is 7.71. The van der Waals surface area contributed by atoms with Crippen LogP contribution in [0.5, 0.6) is 5.75 Å². The first-order valence-electron chi connectivity index (χ1n) is 8.52. The molecule has 2 aliphatic rings. The lowest BCUT2D eigenvalue weighted by Gasteiger charge is -2.21. The number of anilines is 1. The van der Waals surface area contributed by atoms with Crippen LogP contribution in [-0.2, 0) is 14.4 Å². The fraction of sp³-hybridized carbons (Fsp3) is 0.263. The fourth-order valence-corrected chi connectivity index (χ4v) is 2.72. The Balaban J connectivity index is 1.92. The van der Waals surface area contributed by atoms with Gasteiger partial charge < -0.3 is 4.74 Å². The quantitative estimate of drug-likeness (QED) is 0.721. The third kappa shape index (κ3) is 3.94. The first-order chi connectivity index (χ1) is 13.7. The molecular formula is C19H14F2N4O4. The molecule has 1 aromatic rings. The van der Waals surface area contributed by atoms with E-state index < -0.39 is 41.2 Å². The summed E-state index contributed by atoms with van der Waals surface area (Å²) < 4.78 is 34.2. The molecule has 0 aliphatic carbocycles. The fourth-order valence-electron chi connectivity index (χ4n) is 2.72. The van der Waals surface area contributed by atoms with Gasteiger partial charge in [-0.25, -0.2) is 13.8 Å². The van der Waals surface area contributed by atoms with E-state index >= 15 is 0 Å². The van der Waals surface area contributed by atoms with E-state index in [1.165, 1.54) is 12.1 Å². The molecule has 1 amide bonds. The van der Waals surface area contributed by atoms with Crippen molar-refractivity contribution < 1.29 is 27.9 Å². The number of rotatable bonds is 3. The Morgan fingerprint density at radius 1 is 1.17 bits per heavy atom. The van der Waals surface area contributed by atoms with Gasteiger partial charge >= 0.3 is 0 Å². The number of ketones is 2. The molecule has 3 rings (SSSR count). The van der Waals surface area contributed by atoms with Crippen LogP contribution in [0.3, 0.4) is 0 Å². The van der Waals surface area contributed by atoms with Gasteiger partial charge in [0.05, 0.1) is 12.1 Å². The number of hydrogen-bond acceptors (Lipinski definition) is 7. The Morgan fingerprint density at radius 3 is 2.41 bits per heavy atom. The molecule has 0 fully saturated rings. The first-order valence-corrected chi connectivity index (χ1v) is 8.52. The number of carbonyl (C=O) groups is 3. The van der Waals surface area contributed by atoms with Crippen molar-refractivity contribution >= 4 is 34.8 Å². The zero-order valence-electron chi connectivity index (χ0n) is 15.4. The molecule has 0 radical (unpaired) electrons. The van der Waals surface area contributed by atoms with E-state index in [2.05, 4.69) is 10.1 Å². The second-order valence-electron chi connectivity index (χ2n) is 6.54. The van der Waals surface area contributed by atoms with E-state index in [1.54, 1.807) is 13.8 Å². The zero-order chi connectivity index (χ0) is 21.3. The smallest absolute Gasteiger partial charge is 0.255 e. The molecular weight excluding hydrogens is 386 g/mol. The Hall–Kier alpha value is -3.74. The summed E-state index contributed by atoms with van der Waals surface area (Å²) in [5.74, 6) is -5.13. The normalized spacial score (nSPS) is 17.0. The monoisotopic (exact) mass is 400 g/mol. The third-order valence-corrected chi connectivity index (χ3v) is 4.15. The molecule has 0 saturated heterocycles. The van der Waals surface area contributed by atoms with Crippen molar-refractivity contribution in [3.8, 4) is 11.8 Å². The van der Waals surface area contributed by atoms with E-state index in [1.807, 2.05) is 0 Å². The molecule has 29 heavy (non-hydrogen) atoms. The standard InChI is InChI=1S/C19H14F2N4O4/c1-9(2)11-5-17(23-8-16(11)27)29-19-12(20)3-10(4-13(19)21)25-18(28)6-15(26)14(7-22)24-25/h3-5,9H,6,8H2,1-2H3. The lowest BCUT2D eigenvalue weighted by molar-refractivity contribution is -0.124. The Labute approximate surface area is 163 Å². The molecule has 0 spiro atoms. The summed E-state index contributed by atoms with van der Waals surface area (Å²) in [5, 5.41) is 13.0. The number of halogens is 2.